The van der Waals surface area contributed by atoms with Crippen LogP contribution in [0.5, 0.6) is 0 Å². The summed E-state index contributed by atoms with van der Waals surface area (Å²) in [5.41, 5.74) is 2.99. The average Bonchev–Trinajstić information content (AvgIpc) is 3.44. The number of hydrogen-bond donors (Lipinski definition) is 1. The highest BCUT2D eigenvalue weighted by Crippen LogP contribution is 2.33. The van der Waals surface area contributed by atoms with Crippen LogP contribution in [0.2, 0.25) is 0 Å². The van der Waals surface area contributed by atoms with E-state index in [0.29, 0.717) is 12.6 Å². The van der Waals surface area contributed by atoms with Crippen molar-refractivity contribution in [2.24, 2.45) is 0 Å². The molecular formula is C19H19N3O. The Morgan fingerprint density at radius 1 is 0.957 bits per heavy atom. The summed E-state index contributed by atoms with van der Waals surface area (Å²) >= 11 is 0. The molecule has 4 rings (SSSR count). The van der Waals surface area contributed by atoms with Crippen LogP contribution in [0, 0.1) is 0 Å². The zero-order valence-corrected chi connectivity index (χ0v) is 12.9. The SMILES string of the molecule is OCCN(c1nc(-c2ccccc2)c2ccccc2n1)C1CC1. The molecule has 0 spiro atoms. The topological polar surface area (TPSA) is 49.2 Å². The fraction of sp³-hybridized carbons (Fsp3) is 0.263. The second-order valence-corrected chi connectivity index (χ2v) is 5.90. The Labute approximate surface area is 135 Å². The first-order valence-electron chi connectivity index (χ1n) is 8.06. The van der Waals surface area contributed by atoms with Crippen molar-refractivity contribution in [1.82, 2.24) is 9.97 Å². The number of nitrogens with zero attached hydrogens (tertiary/aromatic N) is 3. The molecule has 0 unspecified atom stereocenters. The van der Waals surface area contributed by atoms with Gasteiger partial charge < -0.3 is 10.0 Å². The van der Waals surface area contributed by atoms with Gasteiger partial charge >= 0.3 is 0 Å². The maximum Gasteiger partial charge on any atom is 0.226 e. The van der Waals surface area contributed by atoms with Crippen molar-refractivity contribution >= 4 is 16.9 Å². The summed E-state index contributed by atoms with van der Waals surface area (Å²) in [5.74, 6) is 0.721. The van der Waals surface area contributed by atoms with Crippen molar-refractivity contribution in [3.63, 3.8) is 0 Å². The van der Waals surface area contributed by atoms with E-state index >= 15 is 0 Å². The first-order chi connectivity index (χ1) is 11.4. The number of benzene rings is 2. The molecule has 4 nitrogen and oxygen atoms in total. The van der Waals surface area contributed by atoms with E-state index in [4.69, 9.17) is 9.97 Å². The molecule has 0 radical (unpaired) electrons. The lowest BCUT2D eigenvalue weighted by Gasteiger charge is -2.22. The highest BCUT2D eigenvalue weighted by Gasteiger charge is 2.31. The lowest BCUT2D eigenvalue weighted by Crippen LogP contribution is -2.30. The standard InChI is InChI=1S/C19H19N3O/c23-13-12-22(15-10-11-15)19-20-17-9-5-4-8-16(17)18(21-19)14-6-2-1-3-7-14/h1-9,15,23H,10-13H2. The van der Waals surface area contributed by atoms with Gasteiger partial charge in [-0.15, -0.1) is 0 Å². The summed E-state index contributed by atoms with van der Waals surface area (Å²) in [4.78, 5) is 11.7. The van der Waals surface area contributed by atoms with Crippen molar-refractivity contribution in [1.29, 1.82) is 0 Å². The highest BCUT2D eigenvalue weighted by molar-refractivity contribution is 5.93. The molecular weight excluding hydrogens is 286 g/mol. The first kappa shape index (κ1) is 14.2. The van der Waals surface area contributed by atoms with E-state index in [9.17, 15) is 5.11 Å². The lowest BCUT2D eigenvalue weighted by atomic mass is 10.1. The summed E-state index contributed by atoms with van der Waals surface area (Å²) < 4.78 is 0. The third-order valence-corrected chi connectivity index (χ3v) is 4.22. The molecule has 0 atom stereocenters. The molecule has 0 saturated heterocycles. The van der Waals surface area contributed by atoms with Crippen molar-refractivity contribution < 1.29 is 5.11 Å². The molecule has 116 valence electrons. The Kier molecular flexibility index (Phi) is 3.67. The number of anilines is 1. The van der Waals surface area contributed by atoms with Gasteiger partial charge in [0.15, 0.2) is 0 Å². The zero-order valence-electron chi connectivity index (χ0n) is 12.9. The van der Waals surface area contributed by atoms with Crippen LogP contribution < -0.4 is 4.90 Å². The Morgan fingerprint density at radius 2 is 1.70 bits per heavy atom. The lowest BCUT2D eigenvalue weighted by molar-refractivity contribution is 0.300. The van der Waals surface area contributed by atoms with E-state index in [1.807, 2.05) is 36.4 Å². The van der Waals surface area contributed by atoms with Crippen molar-refractivity contribution in [3.05, 3.63) is 54.6 Å². The second kappa shape index (κ2) is 5.97. The fourth-order valence-electron chi connectivity index (χ4n) is 2.95. The largest absolute Gasteiger partial charge is 0.395 e. The number of aliphatic hydroxyl groups excluding tert-OH is 1. The van der Waals surface area contributed by atoms with E-state index in [1.165, 1.54) is 0 Å². The molecule has 1 fully saturated rings. The molecule has 3 aromatic rings. The third kappa shape index (κ3) is 2.78. The van der Waals surface area contributed by atoms with E-state index in [-0.39, 0.29) is 6.61 Å². The van der Waals surface area contributed by atoms with Gasteiger partial charge in [0.05, 0.1) is 17.8 Å². The number of hydrogen-bond acceptors (Lipinski definition) is 4. The molecule has 0 bridgehead atoms. The summed E-state index contributed by atoms with van der Waals surface area (Å²) in [6.45, 7) is 0.699. The monoisotopic (exact) mass is 305 g/mol. The fourth-order valence-corrected chi connectivity index (χ4v) is 2.95. The van der Waals surface area contributed by atoms with Gasteiger partial charge in [0, 0.05) is 23.5 Å². The molecule has 0 aliphatic heterocycles. The van der Waals surface area contributed by atoms with Crippen molar-refractivity contribution in [2.75, 3.05) is 18.1 Å². The molecule has 1 aliphatic rings. The Morgan fingerprint density at radius 3 is 2.43 bits per heavy atom. The molecule has 1 heterocycles. The third-order valence-electron chi connectivity index (χ3n) is 4.22. The predicted octanol–water partition coefficient (Wildman–Crippen LogP) is 3.26. The maximum atomic E-state index is 9.38. The van der Waals surface area contributed by atoms with Gasteiger partial charge in [0.1, 0.15) is 0 Å². The van der Waals surface area contributed by atoms with Crippen molar-refractivity contribution in [2.45, 2.75) is 18.9 Å². The second-order valence-electron chi connectivity index (χ2n) is 5.90. The van der Waals surface area contributed by atoms with Crippen LogP contribution in [-0.4, -0.2) is 34.3 Å². The predicted molar refractivity (Wildman–Crippen MR) is 92.4 cm³/mol. The quantitative estimate of drug-likeness (QED) is 0.786. The van der Waals surface area contributed by atoms with Crippen molar-refractivity contribution in [3.8, 4) is 11.3 Å². The van der Waals surface area contributed by atoms with Crippen LogP contribution in [-0.2, 0) is 0 Å². The summed E-state index contributed by atoms with van der Waals surface area (Å²) in [6, 6.07) is 18.8. The molecule has 2 aromatic carbocycles. The number of aromatic nitrogens is 2. The van der Waals surface area contributed by atoms with Gasteiger partial charge in [-0.1, -0.05) is 48.5 Å². The normalized spacial score (nSPS) is 14.1. The number of rotatable bonds is 5. The zero-order chi connectivity index (χ0) is 15.6. The molecule has 1 N–H and O–H groups in total. The molecule has 0 amide bonds. The van der Waals surface area contributed by atoms with Gasteiger partial charge in [-0.2, -0.15) is 0 Å². The van der Waals surface area contributed by atoms with Crippen LogP contribution in [0.3, 0.4) is 0 Å². The van der Waals surface area contributed by atoms with E-state index in [2.05, 4.69) is 23.1 Å². The average molecular weight is 305 g/mol. The van der Waals surface area contributed by atoms with Crippen LogP contribution in [0.25, 0.3) is 22.2 Å². The molecule has 1 aliphatic carbocycles. The summed E-state index contributed by atoms with van der Waals surface area (Å²) in [6.07, 6.45) is 2.30. The molecule has 4 heteroatoms. The van der Waals surface area contributed by atoms with Gasteiger partial charge in [0.2, 0.25) is 5.95 Å². The number of fused-ring (bicyclic) bond motifs is 1. The number of aliphatic hydroxyl groups is 1. The van der Waals surface area contributed by atoms with Crippen LogP contribution in [0.1, 0.15) is 12.8 Å². The van der Waals surface area contributed by atoms with E-state index in [1.54, 1.807) is 0 Å². The Hall–Kier alpha value is -2.46. The highest BCUT2D eigenvalue weighted by atomic mass is 16.3. The Balaban J connectivity index is 1.89. The van der Waals surface area contributed by atoms with Gasteiger partial charge in [-0.3, -0.25) is 0 Å². The van der Waals surface area contributed by atoms with Crippen LogP contribution in [0.4, 0.5) is 5.95 Å². The minimum absolute atomic E-state index is 0.118. The van der Waals surface area contributed by atoms with Gasteiger partial charge in [-0.25, -0.2) is 9.97 Å². The minimum atomic E-state index is 0.118. The van der Waals surface area contributed by atoms with E-state index in [0.717, 1.165) is 41.0 Å². The van der Waals surface area contributed by atoms with E-state index < -0.39 is 0 Å². The smallest absolute Gasteiger partial charge is 0.226 e. The first-order valence-corrected chi connectivity index (χ1v) is 8.06. The maximum absolute atomic E-state index is 9.38. The summed E-state index contributed by atoms with van der Waals surface area (Å²) in [5, 5.41) is 10.4. The molecule has 23 heavy (non-hydrogen) atoms. The van der Waals surface area contributed by atoms with Crippen LogP contribution >= 0.6 is 0 Å². The molecule has 1 aromatic heterocycles. The Bertz CT molecular complexity index is 815. The van der Waals surface area contributed by atoms with Gasteiger partial charge in [0.25, 0.3) is 0 Å². The number of para-hydroxylation sites is 1. The van der Waals surface area contributed by atoms with Gasteiger partial charge in [-0.05, 0) is 18.9 Å². The molecule has 1 saturated carbocycles. The minimum Gasteiger partial charge on any atom is -0.395 e. The van der Waals surface area contributed by atoms with Crippen LogP contribution in [0.15, 0.2) is 54.6 Å². The summed E-state index contributed by atoms with van der Waals surface area (Å²) in [7, 11) is 0.